The van der Waals surface area contributed by atoms with Crippen molar-refractivity contribution in [2.45, 2.75) is 26.3 Å². The van der Waals surface area contributed by atoms with Gasteiger partial charge in [-0.3, -0.25) is 4.90 Å². The van der Waals surface area contributed by atoms with Gasteiger partial charge in [0.05, 0.1) is 5.02 Å². The lowest BCUT2D eigenvalue weighted by molar-refractivity contribution is 0.154. The molecule has 1 aromatic carbocycles. The number of hydrogen-bond donors (Lipinski definition) is 1. The highest BCUT2D eigenvalue weighted by Gasteiger charge is 2.23. The lowest BCUT2D eigenvalue weighted by atomic mass is 9.95. The van der Waals surface area contributed by atoms with Crippen molar-refractivity contribution < 1.29 is 4.39 Å². The molecular weight excluding hydrogens is 263 g/mol. The number of benzene rings is 1. The van der Waals surface area contributed by atoms with Gasteiger partial charge in [-0.15, -0.1) is 0 Å². The van der Waals surface area contributed by atoms with Crippen molar-refractivity contribution >= 4 is 11.6 Å². The molecule has 4 heteroatoms. The molecule has 1 atom stereocenters. The van der Waals surface area contributed by atoms with Crippen molar-refractivity contribution in [2.75, 3.05) is 26.2 Å². The van der Waals surface area contributed by atoms with Crippen LogP contribution in [0.3, 0.4) is 0 Å². The molecule has 2 rings (SSSR count). The van der Waals surface area contributed by atoms with Crippen LogP contribution < -0.4 is 5.32 Å². The molecule has 1 aromatic rings. The summed E-state index contributed by atoms with van der Waals surface area (Å²) in [6, 6.07) is 5.51. The number of rotatable bonds is 4. The van der Waals surface area contributed by atoms with Crippen LogP contribution in [0.4, 0.5) is 4.39 Å². The maximum atomic E-state index is 13.7. The van der Waals surface area contributed by atoms with Crippen LogP contribution in [0.1, 0.15) is 31.9 Å². The summed E-state index contributed by atoms with van der Waals surface area (Å²) >= 11 is 5.78. The Morgan fingerprint density at radius 1 is 1.32 bits per heavy atom. The van der Waals surface area contributed by atoms with Crippen LogP contribution in [0.15, 0.2) is 18.2 Å². The van der Waals surface area contributed by atoms with Gasteiger partial charge < -0.3 is 5.32 Å². The van der Waals surface area contributed by atoms with E-state index in [0.717, 1.165) is 38.2 Å². The molecule has 106 valence electrons. The average molecular weight is 285 g/mol. The number of nitrogens with zero attached hydrogens (tertiary/aromatic N) is 1. The molecule has 0 aliphatic carbocycles. The maximum Gasteiger partial charge on any atom is 0.142 e. The van der Waals surface area contributed by atoms with Gasteiger partial charge in [-0.2, -0.15) is 0 Å². The highest BCUT2D eigenvalue weighted by molar-refractivity contribution is 6.30. The van der Waals surface area contributed by atoms with Crippen LogP contribution in [0.25, 0.3) is 0 Å². The zero-order valence-corrected chi connectivity index (χ0v) is 12.4. The summed E-state index contributed by atoms with van der Waals surface area (Å²) in [5.74, 6) is 0.265. The number of hydrogen-bond acceptors (Lipinski definition) is 2. The molecule has 0 amide bonds. The molecule has 19 heavy (non-hydrogen) atoms. The molecule has 1 aliphatic rings. The van der Waals surface area contributed by atoms with Gasteiger partial charge in [-0.1, -0.05) is 31.5 Å². The quantitative estimate of drug-likeness (QED) is 0.911. The smallest absolute Gasteiger partial charge is 0.142 e. The summed E-state index contributed by atoms with van der Waals surface area (Å²) in [6.07, 6.45) is 1.04. The lowest BCUT2D eigenvalue weighted by Crippen LogP contribution is -2.45. The normalized spacial score (nSPS) is 18.8. The molecule has 0 unspecified atom stereocenters. The Morgan fingerprint density at radius 3 is 2.58 bits per heavy atom. The molecule has 1 heterocycles. The molecule has 0 bridgehead atoms. The van der Waals surface area contributed by atoms with Crippen LogP contribution in [-0.2, 0) is 0 Å². The first-order valence-electron chi connectivity index (χ1n) is 6.97. The Labute approximate surface area is 119 Å². The second kappa shape index (κ2) is 6.69. The summed E-state index contributed by atoms with van der Waals surface area (Å²) in [5, 5.41) is 3.56. The first-order chi connectivity index (χ1) is 9.08. The molecule has 1 aliphatic heterocycles. The second-order valence-electron chi connectivity index (χ2n) is 5.60. The van der Waals surface area contributed by atoms with Crippen molar-refractivity contribution in [3.05, 3.63) is 34.6 Å². The maximum absolute atomic E-state index is 13.7. The summed E-state index contributed by atoms with van der Waals surface area (Å²) in [4.78, 5) is 2.44. The Morgan fingerprint density at radius 2 is 2.00 bits per heavy atom. The zero-order chi connectivity index (χ0) is 13.8. The van der Waals surface area contributed by atoms with E-state index in [-0.39, 0.29) is 16.9 Å². The number of halogens is 2. The van der Waals surface area contributed by atoms with E-state index >= 15 is 0 Å². The third kappa shape index (κ3) is 3.91. The number of nitrogens with one attached hydrogen (secondary N) is 1. The van der Waals surface area contributed by atoms with Crippen molar-refractivity contribution in [3.8, 4) is 0 Å². The van der Waals surface area contributed by atoms with Gasteiger partial charge in [0.15, 0.2) is 0 Å². The minimum Gasteiger partial charge on any atom is -0.314 e. The Bertz CT molecular complexity index is 417. The van der Waals surface area contributed by atoms with Gasteiger partial charge in [0, 0.05) is 32.2 Å². The van der Waals surface area contributed by atoms with Gasteiger partial charge in [0.25, 0.3) is 0 Å². The Kier molecular flexibility index (Phi) is 5.20. The van der Waals surface area contributed by atoms with Crippen molar-refractivity contribution in [2.24, 2.45) is 5.92 Å². The van der Waals surface area contributed by atoms with Gasteiger partial charge in [0.2, 0.25) is 0 Å². The van der Waals surface area contributed by atoms with Gasteiger partial charge in [0.1, 0.15) is 5.82 Å². The van der Waals surface area contributed by atoms with E-state index in [1.165, 1.54) is 0 Å². The fourth-order valence-electron chi connectivity index (χ4n) is 2.66. The van der Waals surface area contributed by atoms with E-state index in [1.807, 2.05) is 6.07 Å². The lowest BCUT2D eigenvalue weighted by Gasteiger charge is -2.36. The molecule has 1 saturated heterocycles. The number of piperazine rings is 1. The van der Waals surface area contributed by atoms with Gasteiger partial charge in [-0.05, 0) is 30.0 Å². The largest absolute Gasteiger partial charge is 0.314 e. The summed E-state index contributed by atoms with van der Waals surface area (Å²) in [5.41, 5.74) is 1.04. The minimum atomic E-state index is -0.317. The summed E-state index contributed by atoms with van der Waals surface area (Å²) in [6.45, 7) is 8.46. The molecule has 2 nitrogen and oxygen atoms in total. The van der Waals surface area contributed by atoms with E-state index in [4.69, 9.17) is 11.6 Å². The summed E-state index contributed by atoms with van der Waals surface area (Å²) < 4.78 is 13.7. The first-order valence-corrected chi connectivity index (χ1v) is 7.35. The van der Waals surface area contributed by atoms with E-state index in [1.54, 1.807) is 12.1 Å². The third-order valence-electron chi connectivity index (χ3n) is 3.62. The van der Waals surface area contributed by atoms with Crippen LogP contribution >= 0.6 is 11.6 Å². The first kappa shape index (κ1) is 14.8. The topological polar surface area (TPSA) is 15.3 Å². The monoisotopic (exact) mass is 284 g/mol. The summed E-state index contributed by atoms with van der Waals surface area (Å²) in [7, 11) is 0. The van der Waals surface area contributed by atoms with E-state index in [9.17, 15) is 4.39 Å². The van der Waals surface area contributed by atoms with Crippen molar-refractivity contribution in [1.82, 2.24) is 10.2 Å². The van der Waals surface area contributed by atoms with E-state index < -0.39 is 0 Å². The van der Waals surface area contributed by atoms with E-state index in [2.05, 4.69) is 24.1 Å². The molecule has 1 N–H and O–H groups in total. The van der Waals surface area contributed by atoms with Gasteiger partial charge >= 0.3 is 0 Å². The SMILES string of the molecule is CC(C)C[C@H](c1ccc(Cl)c(F)c1)N1CCNCC1. The van der Waals surface area contributed by atoms with Crippen molar-refractivity contribution in [1.29, 1.82) is 0 Å². The fraction of sp³-hybridized carbons (Fsp3) is 0.600. The molecule has 1 fully saturated rings. The van der Waals surface area contributed by atoms with Crippen molar-refractivity contribution in [3.63, 3.8) is 0 Å². The van der Waals surface area contributed by atoms with Crippen LogP contribution in [0.5, 0.6) is 0 Å². The Balaban J connectivity index is 2.22. The predicted octanol–water partition coefficient (Wildman–Crippen LogP) is 3.47. The second-order valence-corrected chi connectivity index (χ2v) is 6.01. The van der Waals surface area contributed by atoms with Crippen LogP contribution in [-0.4, -0.2) is 31.1 Å². The molecule has 0 spiro atoms. The zero-order valence-electron chi connectivity index (χ0n) is 11.6. The van der Waals surface area contributed by atoms with E-state index in [0.29, 0.717) is 5.92 Å². The van der Waals surface area contributed by atoms with Crippen LogP contribution in [0.2, 0.25) is 5.02 Å². The highest BCUT2D eigenvalue weighted by atomic mass is 35.5. The third-order valence-corrected chi connectivity index (χ3v) is 3.92. The molecule has 0 saturated carbocycles. The highest BCUT2D eigenvalue weighted by Crippen LogP contribution is 2.30. The molecular formula is C15H22ClFN2. The van der Waals surface area contributed by atoms with Gasteiger partial charge in [-0.25, -0.2) is 4.39 Å². The standard InChI is InChI=1S/C15H22ClFN2/c1-11(2)9-15(19-7-5-18-6-8-19)12-3-4-13(16)14(17)10-12/h3-4,10-11,15,18H,5-9H2,1-2H3/t15-/m1/s1. The molecule has 0 radical (unpaired) electrons. The Hall–Kier alpha value is -0.640. The predicted molar refractivity (Wildman–Crippen MR) is 78.0 cm³/mol. The molecule has 0 aromatic heterocycles. The average Bonchev–Trinajstić information content (AvgIpc) is 2.40. The van der Waals surface area contributed by atoms with Crippen LogP contribution in [0, 0.1) is 11.7 Å². The fourth-order valence-corrected chi connectivity index (χ4v) is 2.77. The minimum absolute atomic E-state index is 0.201.